The summed E-state index contributed by atoms with van der Waals surface area (Å²) in [5.41, 5.74) is -0.360. The van der Waals surface area contributed by atoms with Crippen molar-refractivity contribution in [2.45, 2.75) is 56.8 Å². The van der Waals surface area contributed by atoms with Crippen molar-refractivity contribution >= 4 is 5.97 Å². The SMILES string of the molecule is C[C@@]12CCC3C[C@]4(CCC[C@@]34C(=O)O1)O2. The Morgan fingerprint density at radius 2 is 2.20 bits per heavy atom. The summed E-state index contributed by atoms with van der Waals surface area (Å²) in [5.74, 6) is -0.0322. The van der Waals surface area contributed by atoms with Crippen molar-refractivity contribution in [2.24, 2.45) is 11.3 Å². The van der Waals surface area contributed by atoms with Gasteiger partial charge in [-0.15, -0.1) is 0 Å². The smallest absolute Gasteiger partial charge is 0.317 e. The molecule has 2 spiro atoms. The van der Waals surface area contributed by atoms with Crippen molar-refractivity contribution in [1.29, 1.82) is 0 Å². The van der Waals surface area contributed by atoms with Gasteiger partial charge in [0.25, 0.3) is 0 Å². The van der Waals surface area contributed by atoms with Gasteiger partial charge in [0.05, 0.1) is 5.60 Å². The van der Waals surface area contributed by atoms with Gasteiger partial charge >= 0.3 is 5.97 Å². The van der Waals surface area contributed by atoms with Crippen LogP contribution in [0.1, 0.15) is 45.4 Å². The van der Waals surface area contributed by atoms with Gasteiger partial charge in [0.1, 0.15) is 5.41 Å². The molecule has 15 heavy (non-hydrogen) atoms. The van der Waals surface area contributed by atoms with Crippen LogP contribution in [0.15, 0.2) is 0 Å². The maximum absolute atomic E-state index is 12.2. The monoisotopic (exact) mass is 208 g/mol. The molecule has 4 atom stereocenters. The third-order valence-electron chi connectivity index (χ3n) is 5.27. The Balaban J connectivity index is 1.93. The number of carbonyl (C=O) groups excluding carboxylic acids is 1. The Kier molecular flexibility index (Phi) is 1.20. The number of rotatable bonds is 0. The van der Waals surface area contributed by atoms with E-state index in [2.05, 4.69) is 0 Å². The summed E-state index contributed by atoms with van der Waals surface area (Å²) in [7, 11) is 0. The second kappa shape index (κ2) is 2.10. The zero-order chi connectivity index (χ0) is 10.3. The molecule has 82 valence electrons. The largest absolute Gasteiger partial charge is 0.433 e. The minimum Gasteiger partial charge on any atom is -0.433 e. The van der Waals surface area contributed by atoms with Crippen molar-refractivity contribution < 1.29 is 14.3 Å². The van der Waals surface area contributed by atoms with Crippen LogP contribution < -0.4 is 0 Å². The summed E-state index contributed by atoms with van der Waals surface area (Å²) >= 11 is 0. The number of hydrogen-bond acceptors (Lipinski definition) is 3. The molecule has 4 bridgehead atoms. The summed E-state index contributed by atoms with van der Waals surface area (Å²) in [4.78, 5) is 12.2. The van der Waals surface area contributed by atoms with Gasteiger partial charge in [-0.05, 0) is 38.0 Å². The molecule has 0 N–H and O–H groups in total. The van der Waals surface area contributed by atoms with E-state index in [9.17, 15) is 4.79 Å². The molecule has 4 aliphatic heterocycles. The van der Waals surface area contributed by atoms with E-state index in [-0.39, 0.29) is 17.0 Å². The fourth-order valence-electron chi connectivity index (χ4n) is 4.65. The van der Waals surface area contributed by atoms with E-state index in [0.717, 1.165) is 38.5 Å². The van der Waals surface area contributed by atoms with E-state index >= 15 is 0 Å². The lowest BCUT2D eigenvalue weighted by molar-refractivity contribution is -0.350. The molecular weight excluding hydrogens is 192 g/mol. The molecule has 2 aliphatic carbocycles. The van der Waals surface area contributed by atoms with Crippen molar-refractivity contribution in [3.8, 4) is 0 Å². The molecule has 6 rings (SSSR count). The Bertz CT molecular complexity index is 366. The molecule has 0 amide bonds. The van der Waals surface area contributed by atoms with Crippen LogP contribution in [0.3, 0.4) is 0 Å². The van der Waals surface area contributed by atoms with Crippen LogP contribution >= 0.6 is 0 Å². The standard InChI is InChI=1S/C12H16O3/c1-10-6-3-8-7-11(15-10)4-2-5-12(8,11)9(13)14-10/h8H,2-7H2,1H3/t8?,10-,11+,12+/m1/s1. The average Bonchev–Trinajstić information content (AvgIpc) is 2.25. The topological polar surface area (TPSA) is 35.5 Å². The third kappa shape index (κ3) is 0.690. The van der Waals surface area contributed by atoms with Crippen LogP contribution in [0.2, 0.25) is 0 Å². The molecule has 3 nitrogen and oxygen atoms in total. The van der Waals surface area contributed by atoms with Crippen LogP contribution in [0.5, 0.6) is 0 Å². The maximum Gasteiger partial charge on any atom is 0.317 e. The number of hydrogen-bond donors (Lipinski definition) is 0. The third-order valence-corrected chi connectivity index (χ3v) is 5.27. The van der Waals surface area contributed by atoms with Crippen molar-refractivity contribution in [1.82, 2.24) is 0 Å². The van der Waals surface area contributed by atoms with Gasteiger partial charge < -0.3 is 9.47 Å². The van der Waals surface area contributed by atoms with Gasteiger partial charge in [-0.3, -0.25) is 4.79 Å². The normalized spacial score (nSPS) is 60.6. The number of ether oxygens (including phenoxy) is 2. The Morgan fingerprint density at radius 3 is 3.07 bits per heavy atom. The van der Waals surface area contributed by atoms with Crippen LogP contribution in [-0.4, -0.2) is 17.4 Å². The number of esters is 1. The zero-order valence-electron chi connectivity index (χ0n) is 9.04. The van der Waals surface area contributed by atoms with E-state index in [4.69, 9.17) is 9.47 Å². The molecular formula is C12H16O3. The second-order valence-electron chi connectivity index (χ2n) is 5.88. The fraction of sp³-hybridized carbons (Fsp3) is 0.917. The first-order valence-corrected chi connectivity index (χ1v) is 6.04. The van der Waals surface area contributed by atoms with Crippen LogP contribution in [0.25, 0.3) is 0 Å². The molecule has 0 aromatic carbocycles. The van der Waals surface area contributed by atoms with Crippen molar-refractivity contribution in [3.63, 3.8) is 0 Å². The van der Waals surface area contributed by atoms with Crippen LogP contribution in [0, 0.1) is 11.3 Å². The minimum absolute atomic E-state index is 0.0440. The molecule has 6 aliphatic rings. The predicted molar refractivity (Wildman–Crippen MR) is 51.9 cm³/mol. The van der Waals surface area contributed by atoms with Gasteiger partial charge in [0.15, 0.2) is 0 Å². The summed E-state index contributed by atoms with van der Waals surface area (Å²) in [6.07, 6.45) is 6.26. The van der Waals surface area contributed by atoms with Gasteiger partial charge in [0.2, 0.25) is 5.79 Å². The zero-order valence-corrected chi connectivity index (χ0v) is 9.04. The molecule has 4 saturated heterocycles. The van der Waals surface area contributed by atoms with E-state index in [1.54, 1.807) is 0 Å². The Morgan fingerprint density at radius 1 is 1.33 bits per heavy atom. The first-order valence-electron chi connectivity index (χ1n) is 6.04. The van der Waals surface area contributed by atoms with E-state index in [1.165, 1.54) is 0 Å². The molecule has 0 aromatic heterocycles. The lowest BCUT2D eigenvalue weighted by Gasteiger charge is -2.61. The van der Waals surface area contributed by atoms with Crippen LogP contribution in [0.4, 0.5) is 0 Å². The first kappa shape index (κ1) is 8.57. The second-order valence-corrected chi connectivity index (χ2v) is 5.88. The van der Waals surface area contributed by atoms with Gasteiger partial charge in [-0.2, -0.15) is 0 Å². The number of fused-ring (bicyclic) bond motifs is 1. The predicted octanol–water partition coefficient (Wildman–Crippen LogP) is 2.00. The lowest BCUT2D eigenvalue weighted by atomic mass is 9.50. The Hall–Kier alpha value is -0.570. The molecule has 0 radical (unpaired) electrons. The summed E-state index contributed by atoms with van der Waals surface area (Å²) in [5, 5.41) is 0. The van der Waals surface area contributed by atoms with E-state index < -0.39 is 5.79 Å². The van der Waals surface area contributed by atoms with Gasteiger partial charge in [0, 0.05) is 13.3 Å². The average molecular weight is 208 g/mol. The highest BCUT2D eigenvalue weighted by molar-refractivity contribution is 5.82. The molecule has 6 fully saturated rings. The van der Waals surface area contributed by atoms with Crippen molar-refractivity contribution in [3.05, 3.63) is 0 Å². The Labute approximate surface area is 89.1 Å². The van der Waals surface area contributed by atoms with Gasteiger partial charge in [-0.25, -0.2) is 0 Å². The molecule has 0 aromatic rings. The fourth-order valence-corrected chi connectivity index (χ4v) is 4.65. The van der Waals surface area contributed by atoms with E-state index in [1.807, 2.05) is 6.92 Å². The van der Waals surface area contributed by atoms with Gasteiger partial charge in [-0.1, -0.05) is 0 Å². The summed E-state index contributed by atoms with van der Waals surface area (Å²) in [6, 6.07) is 0. The van der Waals surface area contributed by atoms with E-state index in [0.29, 0.717) is 5.92 Å². The molecule has 1 unspecified atom stereocenters. The quantitative estimate of drug-likeness (QED) is 0.571. The minimum atomic E-state index is -0.615. The highest BCUT2D eigenvalue weighted by Gasteiger charge is 2.78. The summed E-state index contributed by atoms with van der Waals surface area (Å²) < 4.78 is 11.7. The maximum atomic E-state index is 12.2. The molecule has 3 heteroatoms. The highest BCUT2D eigenvalue weighted by Crippen LogP contribution is 2.72. The highest BCUT2D eigenvalue weighted by atomic mass is 16.7. The first-order chi connectivity index (χ1) is 7.10. The summed E-state index contributed by atoms with van der Waals surface area (Å²) in [6.45, 7) is 1.93. The molecule has 4 heterocycles. The van der Waals surface area contributed by atoms with Crippen molar-refractivity contribution in [2.75, 3.05) is 0 Å². The lowest BCUT2D eigenvalue weighted by Crippen LogP contribution is -2.70. The number of carbonyl (C=O) groups is 1. The van der Waals surface area contributed by atoms with Crippen LogP contribution in [-0.2, 0) is 14.3 Å². The molecule has 2 saturated carbocycles.